The predicted molar refractivity (Wildman–Crippen MR) is 409 cm³/mol. The quantitative estimate of drug-likeness (QED) is 0.0222. The van der Waals surface area contributed by atoms with Gasteiger partial charge in [-0.15, -0.1) is 0 Å². The Morgan fingerprint density at radius 3 is 0.760 bits per heavy atom. The Kier molecular flexibility index (Phi) is 71.2. The summed E-state index contributed by atoms with van der Waals surface area (Å²) in [5, 5.41) is 10.6. The monoisotopic (exact) mass is 1470 g/mol. The zero-order valence-electron chi connectivity index (χ0n) is 65.5. The van der Waals surface area contributed by atoms with Crippen LogP contribution in [0.3, 0.4) is 0 Å². The van der Waals surface area contributed by atoms with Crippen molar-refractivity contribution in [3.05, 3.63) is 0 Å². The lowest BCUT2D eigenvalue weighted by molar-refractivity contribution is -0.161. The highest BCUT2D eigenvalue weighted by atomic mass is 31.2. The Labute approximate surface area is 613 Å². The second-order valence-corrected chi connectivity index (χ2v) is 32.8. The van der Waals surface area contributed by atoms with Crippen molar-refractivity contribution in [2.45, 2.75) is 445 Å². The summed E-state index contributed by atoms with van der Waals surface area (Å²) in [4.78, 5) is 73.0. The SMILES string of the molecule is CCCCCCCCCCCCCCCCCCCC(=O)OC[C@H](COP(=O)(O)OC[C@@H](O)COP(=O)(O)OC[C@@H](COC(=O)CCCCCCCCCCCCC)OC(=O)CCCCCCCCCCCCCC(C)C)OC(=O)CCCCCCCCCCCCCCCCC(C)CC. The Morgan fingerprint density at radius 1 is 0.290 bits per heavy atom. The number of unbranched alkanes of at least 4 members (excludes halogenated alkanes) is 49. The van der Waals surface area contributed by atoms with Crippen LogP contribution in [0.5, 0.6) is 0 Å². The minimum Gasteiger partial charge on any atom is -0.462 e. The van der Waals surface area contributed by atoms with Crippen LogP contribution in [0.15, 0.2) is 0 Å². The molecule has 0 aromatic heterocycles. The van der Waals surface area contributed by atoms with Crippen LogP contribution >= 0.6 is 15.6 Å². The molecule has 0 aliphatic heterocycles. The summed E-state index contributed by atoms with van der Waals surface area (Å²) < 4.78 is 68.7. The van der Waals surface area contributed by atoms with Gasteiger partial charge < -0.3 is 33.8 Å². The van der Waals surface area contributed by atoms with Crippen molar-refractivity contribution in [1.29, 1.82) is 0 Å². The van der Waals surface area contributed by atoms with Crippen LogP contribution in [0, 0.1) is 11.8 Å². The molecule has 19 heteroatoms. The van der Waals surface area contributed by atoms with E-state index in [1.54, 1.807) is 0 Å². The second kappa shape index (κ2) is 72.6. The third kappa shape index (κ3) is 73.0. The summed E-state index contributed by atoms with van der Waals surface area (Å²) in [5.74, 6) is -0.496. The molecule has 3 N–H and O–H groups in total. The van der Waals surface area contributed by atoms with Crippen molar-refractivity contribution in [3.63, 3.8) is 0 Å². The first-order valence-electron chi connectivity index (χ1n) is 42.0. The van der Waals surface area contributed by atoms with Gasteiger partial charge in [0.1, 0.15) is 19.3 Å². The molecule has 0 amide bonds. The molecule has 3 unspecified atom stereocenters. The van der Waals surface area contributed by atoms with Crippen molar-refractivity contribution in [2.24, 2.45) is 11.8 Å². The van der Waals surface area contributed by atoms with Crippen molar-refractivity contribution < 1.29 is 80.2 Å². The van der Waals surface area contributed by atoms with E-state index in [-0.39, 0.29) is 25.7 Å². The van der Waals surface area contributed by atoms with Gasteiger partial charge in [-0.1, -0.05) is 375 Å². The number of ether oxygens (including phenoxy) is 4. The maximum absolute atomic E-state index is 13.1. The van der Waals surface area contributed by atoms with E-state index in [0.29, 0.717) is 25.7 Å². The zero-order chi connectivity index (χ0) is 73.5. The van der Waals surface area contributed by atoms with E-state index >= 15 is 0 Å². The van der Waals surface area contributed by atoms with E-state index in [4.69, 9.17) is 37.0 Å². The lowest BCUT2D eigenvalue weighted by Gasteiger charge is -2.21. The number of esters is 4. The van der Waals surface area contributed by atoms with Gasteiger partial charge in [0.2, 0.25) is 0 Å². The number of phosphoric ester groups is 2. The van der Waals surface area contributed by atoms with Gasteiger partial charge in [-0.05, 0) is 37.5 Å². The largest absolute Gasteiger partial charge is 0.472 e. The molecule has 0 rings (SSSR count). The second-order valence-electron chi connectivity index (χ2n) is 29.9. The molecule has 0 aromatic rings. The van der Waals surface area contributed by atoms with Gasteiger partial charge in [0.15, 0.2) is 12.2 Å². The number of aliphatic hydroxyl groups is 1. The fraction of sp³-hybridized carbons (Fsp3) is 0.951. The third-order valence-electron chi connectivity index (χ3n) is 19.3. The summed E-state index contributed by atoms with van der Waals surface area (Å²) >= 11 is 0. The maximum atomic E-state index is 13.1. The first kappa shape index (κ1) is 98.1. The molecule has 594 valence electrons. The number of phosphoric acid groups is 2. The van der Waals surface area contributed by atoms with Crippen LogP contribution in [-0.2, 0) is 65.4 Å². The molecule has 0 spiro atoms. The van der Waals surface area contributed by atoms with Gasteiger partial charge in [-0.25, -0.2) is 9.13 Å². The summed E-state index contributed by atoms with van der Waals surface area (Å²) in [6.07, 6.45) is 62.2. The molecule has 0 saturated carbocycles. The lowest BCUT2D eigenvalue weighted by atomic mass is 9.99. The van der Waals surface area contributed by atoms with E-state index in [9.17, 15) is 43.2 Å². The number of rotatable bonds is 80. The van der Waals surface area contributed by atoms with Crippen molar-refractivity contribution >= 4 is 39.5 Å². The van der Waals surface area contributed by atoms with Crippen LogP contribution in [0.2, 0.25) is 0 Å². The number of carbonyl (C=O) groups excluding carboxylic acids is 4. The average Bonchev–Trinajstić information content (AvgIpc) is 0.919. The molecule has 100 heavy (non-hydrogen) atoms. The van der Waals surface area contributed by atoms with Crippen LogP contribution in [0.25, 0.3) is 0 Å². The van der Waals surface area contributed by atoms with Gasteiger partial charge in [0.05, 0.1) is 26.4 Å². The van der Waals surface area contributed by atoms with Gasteiger partial charge in [0.25, 0.3) is 0 Å². The highest BCUT2D eigenvalue weighted by Crippen LogP contribution is 2.45. The third-order valence-corrected chi connectivity index (χ3v) is 21.2. The van der Waals surface area contributed by atoms with Crippen LogP contribution < -0.4 is 0 Å². The molecule has 0 saturated heterocycles. The molecule has 0 bridgehead atoms. The first-order valence-corrected chi connectivity index (χ1v) is 45.0. The van der Waals surface area contributed by atoms with Crippen LogP contribution in [0.4, 0.5) is 0 Å². The highest BCUT2D eigenvalue weighted by molar-refractivity contribution is 7.47. The Morgan fingerprint density at radius 2 is 0.510 bits per heavy atom. The molecule has 0 radical (unpaired) electrons. The van der Waals surface area contributed by atoms with Crippen molar-refractivity contribution in [1.82, 2.24) is 0 Å². The van der Waals surface area contributed by atoms with E-state index in [1.807, 2.05) is 0 Å². The van der Waals surface area contributed by atoms with Crippen LogP contribution in [0.1, 0.15) is 427 Å². The minimum absolute atomic E-state index is 0.107. The topological polar surface area (TPSA) is 237 Å². The predicted octanol–water partition coefficient (Wildman–Crippen LogP) is 24.3. The summed E-state index contributed by atoms with van der Waals surface area (Å²) in [5.41, 5.74) is 0. The maximum Gasteiger partial charge on any atom is 0.472 e. The summed E-state index contributed by atoms with van der Waals surface area (Å²) in [7, 11) is -9.92. The Hall–Kier alpha value is -1.94. The average molecular weight is 1470 g/mol. The molecule has 6 atom stereocenters. The molecular weight excluding hydrogens is 1310 g/mol. The van der Waals surface area contributed by atoms with Gasteiger partial charge >= 0.3 is 39.5 Å². The normalized spacial score (nSPS) is 14.2. The highest BCUT2D eigenvalue weighted by Gasteiger charge is 2.30. The standard InChI is InChI=1S/C81H158O17P2/c1-7-10-12-14-16-18-20-21-22-23-24-28-34-40-46-52-58-64-79(84)92-70-77(97-80(85)65-59-53-47-41-35-29-26-25-27-33-38-44-50-56-62-74(6)9-3)72-96-100(89,90)94-68-75(82)67-93-99(87,88)95-71-76(69-91-78(83)63-57-51-45-39-31-19-17-15-13-11-8-2)98-81(86)66-60-54-48-42-36-30-32-37-43-49-55-61-73(4)5/h73-77,82H,7-72H2,1-6H3,(H,87,88)(H,89,90)/t74?,75-,76+,77+/m0/s1. The van der Waals surface area contributed by atoms with E-state index in [1.165, 1.54) is 244 Å². The van der Waals surface area contributed by atoms with E-state index in [2.05, 4.69) is 41.5 Å². The van der Waals surface area contributed by atoms with E-state index in [0.717, 1.165) is 102 Å². The van der Waals surface area contributed by atoms with Crippen molar-refractivity contribution in [3.8, 4) is 0 Å². The lowest BCUT2D eigenvalue weighted by Crippen LogP contribution is -2.30. The van der Waals surface area contributed by atoms with Crippen LogP contribution in [-0.4, -0.2) is 96.7 Å². The number of carbonyl (C=O) groups is 4. The number of hydrogen-bond donors (Lipinski definition) is 3. The fourth-order valence-electron chi connectivity index (χ4n) is 12.5. The summed E-state index contributed by atoms with van der Waals surface area (Å²) in [6.45, 7) is 9.69. The minimum atomic E-state index is -4.96. The molecule has 0 fully saturated rings. The molecule has 0 aromatic carbocycles. The van der Waals surface area contributed by atoms with Crippen molar-refractivity contribution in [2.75, 3.05) is 39.6 Å². The number of hydrogen-bond acceptors (Lipinski definition) is 15. The Balaban J connectivity index is 5.25. The molecule has 0 heterocycles. The Bertz CT molecular complexity index is 1930. The molecule has 0 aliphatic rings. The fourth-order valence-corrected chi connectivity index (χ4v) is 14.1. The number of aliphatic hydroxyl groups excluding tert-OH is 1. The summed E-state index contributed by atoms with van der Waals surface area (Å²) in [6, 6.07) is 0. The van der Waals surface area contributed by atoms with Gasteiger partial charge in [0, 0.05) is 25.7 Å². The van der Waals surface area contributed by atoms with Gasteiger partial charge in [-0.3, -0.25) is 37.3 Å². The smallest absolute Gasteiger partial charge is 0.462 e. The molecule has 0 aliphatic carbocycles. The molecule has 17 nitrogen and oxygen atoms in total. The van der Waals surface area contributed by atoms with E-state index < -0.39 is 97.5 Å². The van der Waals surface area contributed by atoms with Gasteiger partial charge in [-0.2, -0.15) is 0 Å². The zero-order valence-corrected chi connectivity index (χ0v) is 67.3. The molecular formula is C81H158O17P2. The first-order chi connectivity index (χ1) is 48.4.